The molecule has 0 spiro atoms. The summed E-state index contributed by atoms with van der Waals surface area (Å²) in [6, 6.07) is 5.98. The second-order valence-corrected chi connectivity index (χ2v) is 6.04. The van der Waals surface area contributed by atoms with Gasteiger partial charge in [-0.15, -0.1) is 0 Å². The number of likely N-dealkylation sites (N-methyl/N-ethyl adjacent to an activating group) is 1. The van der Waals surface area contributed by atoms with Gasteiger partial charge in [-0.25, -0.2) is 0 Å². The third kappa shape index (κ3) is 5.19. The molecule has 2 N–H and O–H groups in total. The minimum Gasteiger partial charge on any atom is -0.497 e. The molecule has 1 heterocycles. The molecule has 0 atom stereocenters. The first-order valence-corrected chi connectivity index (χ1v) is 7.59. The molecule has 2 rings (SSSR count). The molecule has 0 saturated carbocycles. The van der Waals surface area contributed by atoms with Crippen molar-refractivity contribution in [1.82, 2.24) is 14.7 Å². The van der Waals surface area contributed by atoms with Gasteiger partial charge in [-0.2, -0.15) is 0 Å². The van der Waals surface area contributed by atoms with E-state index in [-0.39, 0.29) is 0 Å². The van der Waals surface area contributed by atoms with Crippen molar-refractivity contribution in [2.45, 2.75) is 6.54 Å². The van der Waals surface area contributed by atoms with E-state index in [1.807, 2.05) is 12.1 Å². The Hall–Kier alpha value is -1.30. The SMILES string of the molecule is COc1cc(N)cc(CN2CCN(CCN(C)C)CC2)c1. The normalized spacial score (nSPS) is 17.3. The van der Waals surface area contributed by atoms with Crippen LogP contribution in [0.15, 0.2) is 18.2 Å². The molecule has 1 aromatic rings. The maximum Gasteiger partial charge on any atom is 0.121 e. The van der Waals surface area contributed by atoms with E-state index in [1.165, 1.54) is 5.56 Å². The van der Waals surface area contributed by atoms with E-state index in [0.717, 1.165) is 57.3 Å². The summed E-state index contributed by atoms with van der Waals surface area (Å²) in [4.78, 5) is 7.27. The highest BCUT2D eigenvalue weighted by Crippen LogP contribution is 2.20. The zero-order valence-corrected chi connectivity index (χ0v) is 13.5. The summed E-state index contributed by atoms with van der Waals surface area (Å²) in [6.07, 6.45) is 0. The average Bonchev–Trinajstić information content (AvgIpc) is 2.46. The number of hydrogen-bond donors (Lipinski definition) is 1. The third-order valence-electron chi connectivity index (χ3n) is 3.96. The van der Waals surface area contributed by atoms with Crippen LogP contribution in [-0.4, -0.2) is 75.2 Å². The van der Waals surface area contributed by atoms with E-state index in [1.54, 1.807) is 7.11 Å². The van der Waals surface area contributed by atoms with Gasteiger partial charge in [-0.1, -0.05) is 0 Å². The van der Waals surface area contributed by atoms with Crippen molar-refractivity contribution in [3.8, 4) is 5.75 Å². The van der Waals surface area contributed by atoms with Crippen molar-refractivity contribution < 1.29 is 4.74 Å². The Labute approximate surface area is 128 Å². The lowest BCUT2D eigenvalue weighted by Crippen LogP contribution is -2.47. The molecule has 0 aliphatic carbocycles. The second-order valence-electron chi connectivity index (χ2n) is 6.04. The quantitative estimate of drug-likeness (QED) is 0.791. The maximum atomic E-state index is 5.92. The smallest absolute Gasteiger partial charge is 0.121 e. The first-order valence-electron chi connectivity index (χ1n) is 7.59. The van der Waals surface area contributed by atoms with E-state index < -0.39 is 0 Å². The van der Waals surface area contributed by atoms with Gasteiger partial charge in [0.05, 0.1) is 7.11 Å². The molecule has 0 bridgehead atoms. The van der Waals surface area contributed by atoms with Crippen molar-refractivity contribution in [2.75, 3.05) is 66.2 Å². The van der Waals surface area contributed by atoms with Crippen molar-refractivity contribution in [2.24, 2.45) is 0 Å². The molecule has 1 aliphatic heterocycles. The second kappa shape index (κ2) is 7.64. The molecule has 1 aliphatic rings. The number of nitrogens with zero attached hydrogens (tertiary/aromatic N) is 3. The van der Waals surface area contributed by atoms with Gasteiger partial charge in [0.15, 0.2) is 0 Å². The molecular formula is C16H28N4O. The van der Waals surface area contributed by atoms with Gasteiger partial charge in [0.1, 0.15) is 5.75 Å². The first kappa shape index (κ1) is 16.1. The fraction of sp³-hybridized carbons (Fsp3) is 0.625. The van der Waals surface area contributed by atoms with Crippen molar-refractivity contribution >= 4 is 5.69 Å². The predicted octanol–water partition coefficient (Wildman–Crippen LogP) is 0.957. The fourth-order valence-electron chi connectivity index (χ4n) is 2.67. The van der Waals surface area contributed by atoms with Crippen LogP contribution in [0, 0.1) is 0 Å². The number of benzene rings is 1. The molecular weight excluding hydrogens is 264 g/mol. The minimum atomic E-state index is 0.772. The third-order valence-corrected chi connectivity index (χ3v) is 3.96. The Balaban J connectivity index is 1.82. The lowest BCUT2D eigenvalue weighted by atomic mass is 10.1. The Morgan fingerprint density at radius 2 is 1.76 bits per heavy atom. The van der Waals surface area contributed by atoms with Crippen LogP contribution in [-0.2, 0) is 6.54 Å². The highest BCUT2D eigenvalue weighted by atomic mass is 16.5. The largest absolute Gasteiger partial charge is 0.497 e. The molecule has 1 saturated heterocycles. The number of rotatable bonds is 6. The summed E-state index contributed by atoms with van der Waals surface area (Å²) in [6.45, 7) is 7.76. The van der Waals surface area contributed by atoms with Gasteiger partial charge in [-0.3, -0.25) is 9.80 Å². The minimum absolute atomic E-state index is 0.772. The molecule has 0 radical (unpaired) electrons. The van der Waals surface area contributed by atoms with Crippen LogP contribution in [0.2, 0.25) is 0 Å². The van der Waals surface area contributed by atoms with Crippen LogP contribution < -0.4 is 10.5 Å². The monoisotopic (exact) mass is 292 g/mol. The van der Waals surface area contributed by atoms with Crippen LogP contribution in [0.5, 0.6) is 5.75 Å². The molecule has 21 heavy (non-hydrogen) atoms. The number of nitrogens with two attached hydrogens (primary N) is 1. The van der Waals surface area contributed by atoms with Crippen LogP contribution in [0.3, 0.4) is 0 Å². The fourth-order valence-corrected chi connectivity index (χ4v) is 2.67. The average molecular weight is 292 g/mol. The number of nitrogen functional groups attached to an aromatic ring is 1. The van der Waals surface area contributed by atoms with E-state index in [9.17, 15) is 0 Å². The van der Waals surface area contributed by atoms with Gasteiger partial charge in [0.2, 0.25) is 0 Å². The number of anilines is 1. The Bertz CT molecular complexity index is 442. The highest BCUT2D eigenvalue weighted by molar-refractivity contribution is 5.47. The number of ether oxygens (including phenoxy) is 1. The molecule has 1 aromatic carbocycles. The van der Waals surface area contributed by atoms with Gasteiger partial charge in [0, 0.05) is 57.6 Å². The molecule has 1 fully saturated rings. The summed E-state index contributed by atoms with van der Waals surface area (Å²) >= 11 is 0. The van der Waals surface area contributed by atoms with E-state index in [4.69, 9.17) is 10.5 Å². The summed E-state index contributed by atoms with van der Waals surface area (Å²) in [5.74, 6) is 0.842. The van der Waals surface area contributed by atoms with Gasteiger partial charge < -0.3 is 15.4 Å². The predicted molar refractivity (Wildman–Crippen MR) is 87.7 cm³/mol. The number of hydrogen-bond acceptors (Lipinski definition) is 5. The van der Waals surface area contributed by atoms with Crippen molar-refractivity contribution in [3.05, 3.63) is 23.8 Å². The number of methoxy groups -OCH3 is 1. The first-order chi connectivity index (χ1) is 10.1. The van der Waals surface area contributed by atoms with Crippen LogP contribution in [0.25, 0.3) is 0 Å². The Morgan fingerprint density at radius 3 is 2.38 bits per heavy atom. The standard InChI is InChI=1S/C16H28N4O/c1-18(2)4-5-19-6-8-20(9-7-19)13-14-10-15(17)12-16(11-14)21-3/h10-12H,4-9,13,17H2,1-3H3. The summed E-state index contributed by atoms with van der Waals surface area (Å²) in [5, 5.41) is 0. The molecule has 0 amide bonds. The molecule has 0 unspecified atom stereocenters. The zero-order chi connectivity index (χ0) is 15.2. The Kier molecular flexibility index (Phi) is 5.85. The van der Waals surface area contributed by atoms with Crippen LogP contribution in [0.4, 0.5) is 5.69 Å². The molecule has 118 valence electrons. The van der Waals surface area contributed by atoms with Gasteiger partial charge in [0.25, 0.3) is 0 Å². The summed E-state index contributed by atoms with van der Waals surface area (Å²) in [5.41, 5.74) is 7.92. The number of piperazine rings is 1. The summed E-state index contributed by atoms with van der Waals surface area (Å²) < 4.78 is 5.28. The Morgan fingerprint density at radius 1 is 1.10 bits per heavy atom. The highest BCUT2D eigenvalue weighted by Gasteiger charge is 2.17. The van der Waals surface area contributed by atoms with Gasteiger partial charge in [-0.05, 0) is 31.8 Å². The van der Waals surface area contributed by atoms with Crippen molar-refractivity contribution in [1.29, 1.82) is 0 Å². The molecule has 5 nitrogen and oxygen atoms in total. The van der Waals surface area contributed by atoms with Crippen molar-refractivity contribution in [3.63, 3.8) is 0 Å². The van der Waals surface area contributed by atoms with Gasteiger partial charge >= 0.3 is 0 Å². The summed E-state index contributed by atoms with van der Waals surface area (Å²) in [7, 11) is 5.94. The molecule has 5 heteroatoms. The topological polar surface area (TPSA) is 45.0 Å². The van der Waals surface area contributed by atoms with Crippen LogP contribution in [0.1, 0.15) is 5.56 Å². The lowest BCUT2D eigenvalue weighted by Gasteiger charge is -2.35. The lowest BCUT2D eigenvalue weighted by molar-refractivity contribution is 0.120. The molecule has 0 aromatic heterocycles. The van der Waals surface area contributed by atoms with E-state index in [2.05, 4.69) is 34.9 Å². The van der Waals surface area contributed by atoms with E-state index in [0.29, 0.717) is 0 Å². The van der Waals surface area contributed by atoms with Crippen LogP contribution >= 0.6 is 0 Å². The zero-order valence-electron chi connectivity index (χ0n) is 13.5. The van der Waals surface area contributed by atoms with E-state index >= 15 is 0 Å². The maximum absolute atomic E-state index is 5.92.